The molecule has 3 atom stereocenters. The fourth-order valence-electron chi connectivity index (χ4n) is 2.41. The third kappa shape index (κ3) is 9.21. The Bertz CT molecular complexity index is 516. The lowest BCUT2D eigenvalue weighted by Gasteiger charge is -2.35. The molecule has 0 unspecified atom stereocenters. The predicted octanol–water partition coefficient (Wildman–Crippen LogP) is 0.251. The molecule has 1 fully saturated rings. The Morgan fingerprint density at radius 2 is 1.58 bits per heavy atom. The summed E-state index contributed by atoms with van der Waals surface area (Å²) in [6.45, 7) is 5.43. The normalized spacial score (nSPS) is 22.3. The van der Waals surface area contributed by atoms with Crippen LogP contribution in [-0.2, 0) is 19.1 Å². The highest BCUT2D eigenvalue weighted by molar-refractivity contribution is 6.27. The number of alkyl carbamates (subject to hydrolysis) is 1. The average Bonchev–Trinajstić information content (AvgIpc) is 2.47. The van der Waals surface area contributed by atoms with E-state index >= 15 is 0 Å². The van der Waals surface area contributed by atoms with Gasteiger partial charge >= 0.3 is 18.0 Å². The van der Waals surface area contributed by atoms with Crippen molar-refractivity contribution in [2.24, 2.45) is 11.7 Å². The van der Waals surface area contributed by atoms with Gasteiger partial charge in [0.15, 0.2) is 0 Å². The van der Waals surface area contributed by atoms with E-state index in [1.54, 1.807) is 19.0 Å². The van der Waals surface area contributed by atoms with Crippen molar-refractivity contribution in [3.05, 3.63) is 0 Å². The van der Waals surface area contributed by atoms with Crippen molar-refractivity contribution in [1.29, 1.82) is 0 Å². The lowest BCUT2D eigenvalue weighted by atomic mass is 9.82. The number of hydrogen-bond donors (Lipinski definition) is 4. The van der Waals surface area contributed by atoms with E-state index in [2.05, 4.69) is 5.32 Å². The number of hydrogen-bond acceptors (Lipinski definition) is 6. The molecular weight excluding hydrogens is 346 g/mol. The summed E-state index contributed by atoms with van der Waals surface area (Å²) in [5.74, 6) is -3.64. The molecule has 0 spiro atoms. The third-order valence-corrected chi connectivity index (χ3v) is 3.58. The number of carboxylic acid groups (broad SMARTS) is 2. The van der Waals surface area contributed by atoms with Gasteiger partial charge in [-0.3, -0.25) is 4.79 Å². The zero-order valence-electron chi connectivity index (χ0n) is 15.8. The Labute approximate surface area is 152 Å². The van der Waals surface area contributed by atoms with Crippen LogP contribution in [0.2, 0.25) is 0 Å². The molecule has 0 heterocycles. The van der Waals surface area contributed by atoms with E-state index < -0.39 is 23.6 Å². The molecule has 0 aromatic carbocycles. The molecular formula is C16H29N3O7. The number of nitrogens with one attached hydrogen (secondary N) is 1. The molecule has 26 heavy (non-hydrogen) atoms. The first-order chi connectivity index (χ1) is 11.7. The van der Waals surface area contributed by atoms with Crippen molar-refractivity contribution in [2.45, 2.75) is 57.7 Å². The number of nitrogens with zero attached hydrogens (tertiary/aromatic N) is 1. The van der Waals surface area contributed by atoms with E-state index in [0.29, 0.717) is 6.42 Å². The zero-order chi connectivity index (χ0) is 20.7. The van der Waals surface area contributed by atoms with Gasteiger partial charge in [-0.05, 0) is 40.0 Å². The van der Waals surface area contributed by atoms with E-state index in [4.69, 9.17) is 30.3 Å². The molecule has 0 radical (unpaired) electrons. The predicted molar refractivity (Wildman–Crippen MR) is 92.4 cm³/mol. The molecule has 0 aliphatic heterocycles. The minimum atomic E-state index is -1.82. The van der Waals surface area contributed by atoms with Crippen molar-refractivity contribution in [3.8, 4) is 0 Å². The van der Waals surface area contributed by atoms with Crippen LogP contribution >= 0.6 is 0 Å². The number of ether oxygens (including phenoxy) is 1. The number of rotatable bonds is 2. The summed E-state index contributed by atoms with van der Waals surface area (Å²) < 4.78 is 5.23. The standard InChI is InChI=1S/C14H27N3O3.C2H2O4/c1-14(2,3)20-13(19)16-11-8-9(6-7-10(11)15)12(18)17(4)5;3-1(4)2(5)6/h9-11H,6-8,15H2,1-5H3,(H,16,19);(H,3,4)(H,5,6)/t9-,10+,11-;/m1./s1. The van der Waals surface area contributed by atoms with Gasteiger partial charge in [0.2, 0.25) is 5.91 Å². The third-order valence-electron chi connectivity index (χ3n) is 3.58. The van der Waals surface area contributed by atoms with Crippen LogP contribution in [0.5, 0.6) is 0 Å². The molecule has 1 saturated carbocycles. The Morgan fingerprint density at radius 3 is 1.96 bits per heavy atom. The minimum absolute atomic E-state index is 0.0789. The van der Waals surface area contributed by atoms with E-state index in [1.807, 2.05) is 20.8 Å². The highest BCUT2D eigenvalue weighted by atomic mass is 16.6. The lowest BCUT2D eigenvalue weighted by molar-refractivity contribution is -0.159. The number of amides is 2. The van der Waals surface area contributed by atoms with E-state index in [0.717, 1.165) is 12.8 Å². The summed E-state index contributed by atoms with van der Waals surface area (Å²) in [6.07, 6.45) is 1.59. The molecule has 0 bridgehead atoms. The van der Waals surface area contributed by atoms with Crippen LogP contribution in [0.25, 0.3) is 0 Å². The van der Waals surface area contributed by atoms with Crippen molar-refractivity contribution in [1.82, 2.24) is 10.2 Å². The van der Waals surface area contributed by atoms with Gasteiger partial charge in [0, 0.05) is 32.1 Å². The maximum Gasteiger partial charge on any atom is 0.414 e. The van der Waals surface area contributed by atoms with Gasteiger partial charge in [0.25, 0.3) is 0 Å². The Morgan fingerprint density at radius 1 is 1.08 bits per heavy atom. The number of carbonyl (C=O) groups is 4. The molecule has 0 aromatic rings. The smallest absolute Gasteiger partial charge is 0.414 e. The topological polar surface area (TPSA) is 159 Å². The van der Waals surface area contributed by atoms with Gasteiger partial charge in [-0.25, -0.2) is 14.4 Å². The second-order valence-corrected chi connectivity index (χ2v) is 7.27. The fourth-order valence-corrected chi connectivity index (χ4v) is 2.41. The van der Waals surface area contributed by atoms with Gasteiger partial charge in [-0.2, -0.15) is 0 Å². The summed E-state index contributed by atoms with van der Waals surface area (Å²) >= 11 is 0. The van der Waals surface area contributed by atoms with E-state index in [1.165, 1.54) is 0 Å². The molecule has 1 rings (SSSR count). The SMILES string of the molecule is CN(C)C(=O)[C@@H]1CC[C@H](N)[C@H](NC(=O)OC(C)(C)C)C1.O=C(O)C(=O)O. The Kier molecular flexibility index (Phi) is 9.05. The minimum Gasteiger partial charge on any atom is -0.473 e. The van der Waals surface area contributed by atoms with Crippen molar-refractivity contribution in [3.63, 3.8) is 0 Å². The van der Waals surface area contributed by atoms with Gasteiger partial charge in [0.05, 0.1) is 0 Å². The number of nitrogens with two attached hydrogens (primary N) is 1. The lowest BCUT2D eigenvalue weighted by Crippen LogP contribution is -2.53. The number of aliphatic carboxylic acids is 2. The monoisotopic (exact) mass is 375 g/mol. The van der Waals surface area contributed by atoms with Crippen LogP contribution in [-0.4, -0.2) is 70.8 Å². The Hall–Kier alpha value is -2.36. The molecule has 10 nitrogen and oxygen atoms in total. The maximum absolute atomic E-state index is 12.0. The quantitative estimate of drug-likeness (QED) is 0.500. The van der Waals surface area contributed by atoms with Crippen molar-refractivity contribution in [2.75, 3.05) is 14.1 Å². The highest BCUT2D eigenvalue weighted by Crippen LogP contribution is 2.25. The van der Waals surface area contributed by atoms with Crippen LogP contribution in [0, 0.1) is 5.92 Å². The molecule has 10 heteroatoms. The van der Waals surface area contributed by atoms with Crippen LogP contribution in [0.3, 0.4) is 0 Å². The summed E-state index contributed by atoms with van der Waals surface area (Å²) in [5, 5.41) is 17.6. The molecule has 150 valence electrons. The number of carbonyl (C=O) groups excluding carboxylic acids is 2. The summed E-state index contributed by atoms with van der Waals surface area (Å²) in [5.41, 5.74) is 5.49. The second kappa shape index (κ2) is 9.95. The molecule has 1 aliphatic carbocycles. The van der Waals surface area contributed by atoms with Gasteiger partial charge < -0.3 is 30.9 Å². The van der Waals surface area contributed by atoms with Crippen LogP contribution < -0.4 is 11.1 Å². The molecule has 2 amide bonds. The highest BCUT2D eigenvalue weighted by Gasteiger charge is 2.34. The van der Waals surface area contributed by atoms with Gasteiger partial charge in [-0.15, -0.1) is 0 Å². The van der Waals surface area contributed by atoms with Crippen molar-refractivity contribution < 1.29 is 34.1 Å². The fraction of sp³-hybridized carbons (Fsp3) is 0.750. The second-order valence-electron chi connectivity index (χ2n) is 7.27. The maximum atomic E-state index is 12.0. The van der Waals surface area contributed by atoms with Crippen molar-refractivity contribution >= 4 is 23.9 Å². The summed E-state index contributed by atoms with van der Waals surface area (Å²) in [4.78, 5) is 43.6. The van der Waals surface area contributed by atoms with Crippen LogP contribution in [0.4, 0.5) is 4.79 Å². The first-order valence-corrected chi connectivity index (χ1v) is 8.17. The number of carboxylic acids is 2. The van der Waals surface area contributed by atoms with Crippen LogP contribution in [0.1, 0.15) is 40.0 Å². The summed E-state index contributed by atoms with van der Waals surface area (Å²) in [7, 11) is 3.49. The summed E-state index contributed by atoms with van der Waals surface area (Å²) in [6, 6.07) is -0.346. The first-order valence-electron chi connectivity index (χ1n) is 8.17. The van der Waals surface area contributed by atoms with Gasteiger partial charge in [0.1, 0.15) is 5.60 Å². The van der Waals surface area contributed by atoms with E-state index in [-0.39, 0.29) is 23.9 Å². The van der Waals surface area contributed by atoms with Crippen LogP contribution in [0.15, 0.2) is 0 Å². The molecule has 1 aliphatic rings. The molecule has 0 aromatic heterocycles. The molecule has 5 N–H and O–H groups in total. The zero-order valence-corrected chi connectivity index (χ0v) is 15.8. The Balaban J connectivity index is 0.000000896. The largest absolute Gasteiger partial charge is 0.473 e. The first kappa shape index (κ1) is 23.6. The average molecular weight is 375 g/mol. The molecule has 0 saturated heterocycles. The van der Waals surface area contributed by atoms with Gasteiger partial charge in [-0.1, -0.05) is 0 Å². The van der Waals surface area contributed by atoms with E-state index in [9.17, 15) is 9.59 Å².